The molecule has 0 radical (unpaired) electrons. The summed E-state index contributed by atoms with van der Waals surface area (Å²) in [7, 11) is 0. The molecule has 3 nitrogen and oxygen atoms in total. The third kappa shape index (κ3) is 2.93. The molecule has 0 aromatic heterocycles. The smallest absolute Gasteiger partial charge is 0.123 e. The van der Waals surface area contributed by atoms with Crippen LogP contribution in [0.3, 0.4) is 0 Å². The van der Waals surface area contributed by atoms with E-state index in [1.165, 1.54) is 24.8 Å². The van der Waals surface area contributed by atoms with Crippen molar-refractivity contribution >= 4 is 0 Å². The highest BCUT2D eigenvalue weighted by atomic mass is 16.5. The highest BCUT2D eigenvalue weighted by Gasteiger charge is 2.28. The van der Waals surface area contributed by atoms with Crippen molar-refractivity contribution in [3.05, 3.63) is 29.8 Å². The first kappa shape index (κ1) is 12.9. The van der Waals surface area contributed by atoms with Crippen LogP contribution < -0.4 is 4.74 Å². The van der Waals surface area contributed by atoms with Crippen LogP contribution in [0.15, 0.2) is 24.3 Å². The zero-order chi connectivity index (χ0) is 13.1. The van der Waals surface area contributed by atoms with Crippen LogP contribution in [0.25, 0.3) is 0 Å². The predicted molar refractivity (Wildman–Crippen MR) is 75.5 cm³/mol. The average Bonchev–Trinajstić information content (AvgIpc) is 2.70. The van der Waals surface area contributed by atoms with Crippen LogP contribution in [0.2, 0.25) is 0 Å². The van der Waals surface area contributed by atoms with E-state index < -0.39 is 0 Å². The molecule has 2 heterocycles. The van der Waals surface area contributed by atoms with Gasteiger partial charge in [0.25, 0.3) is 0 Å². The Kier molecular flexibility index (Phi) is 4.04. The molecular formula is C16H23NO2. The molecule has 1 aromatic carbocycles. The minimum atomic E-state index is 0.254. The topological polar surface area (TPSA) is 32.7 Å². The molecular weight excluding hydrogens is 238 g/mol. The molecule has 0 amide bonds. The van der Waals surface area contributed by atoms with E-state index in [2.05, 4.69) is 23.1 Å². The van der Waals surface area contributed by atoms with E-state index in [9.17, 15) is 5.11 Å². The van der Waals surface area contributed by atoms with Gasteiger partial charge in [0, 0.05) is 19.0 Å². The van der Waals surface area contributed by atoms with Crippen LogP contribution in [-0.2, 0) is 6.42 Å². The number of rotatable bonds is 3. The Balaban J connectivity index is 1.62. The Morgan fingerprint density at radius 1 is 1.21 bits per heavy atom. The molecule has 19 heavy (non-hydrogen) atoms. The minimum absolute atomic E-state index is 0.254. The Hall–Kier alpha value is -1.06. The van der Waals surface area contributed by atoms with Crippen molar-refractivity contribution in [1.82, 2.24) is 4.90 Å². The van der Waals surface area contributed by atoms with Gasteiger partial charge >= 0.3 is 0 Å². The van der Waals surface area contributed by atoms with Gasteiger partial charge < -0.3 is 9.84 Å². The molecule has 2 unspecified atom stereocenters. The zero-order valence-corrected chi connectivity index (χ0v) is 11.4. The monoisotopic (exact) mass is 261 g/mol. The molecule has 1 N–H and O–H groups in total. The van der Waals surface area contributed by atoms with E-state index in [0.717, 1.165) is 31.7 Å². The van der Waals surface area contributed by atoms with Crippen LogP contribution in [0.5, 0.6) is 5.75 Å². The molecule has 3 rings (SSSR count). The average molecular weight is 261 g/mol. The number of aliphatic hydroxyl groups is 1. The lowest BCUT2D eigenvalue weighted by Gasteiger charge is -2.30. The van der Waals surface area contributed by atoms with Crippen LogP contribution in [0.1, 0.15) is 31.2 Å². The van der Waals surface area contributed by atoms with Gasteiger partial charge in [-0.25, -0.2) is 0 Å². The zero-order valence-electron chi connectivity index (χ0n) is 11.4. The predicted octanol–water partition coefficient (Wildman–Crippen LogP) is 2.23. The fourth-order valence-electron chi connectivity index (χ4n) is 3.30. The largest absolute Gasteiger partial charge is 0.488 e. The minimum Gasteiger partial charge on any atom is -0.488 e. The highest BCUT2D eigenvalue weighted by Crippen LogP contribution is 2.29. The maximum absolute atomic E-state index is 9.55. The Morgan fingerprint density at radius 3 is 2.95 bits per heavy atom. The molecule has 0 aliphatic carbocycles. The summed E-state index contributed by atoms with van der Waals surface area (Å²) in [6, 6.07) is 8.65. The second-order valence-electron chi connectivity index (χ2n) is 5.73. The molecule has 1 aromatic rings. The number of aliphatic hydroxyl groups excluding tert-OH is 1. The lowest BCUT2D eigenvalue weighted by molar-refractivity contribution is 0.0830. The lowest BCUT2D eigenvalue weighted by atomic mass is 10.1. The first-order valence-corrected chi connectivity index (χ1v) is 7.46. The number of hydrogen-bond donors (Lipinski definition) is 1. The van der Waals surface area contributed by atoms with E-state index >= 15 is 0 Å². The van der Waals surface area contributed by atoms with Crippen molar-refractivity contribution in [1.29, 1.82) is 0 Å². The van der Waals surface area contributed by atoms with Gasteiger partial charge in [-0.2, -0.15) is 0 Å². The van der Waals surface area contributed by atoms with E-state index in [-0.39, 0.29) is 12.7 Å². The number of para-hydroxylation sites is 1. The summed E-state index contributed by atoms with van der Waals surface area (Å²) >= 11 is 0. The summed E-state index contributed by atoms with van der Waals surface area (Å²) in [5.74, 6) is 1.04. The number of ether oxygens (including phenoxy) is 1. The molecule has 1 saturated heterocycles. The van der Waals surface area contributed by atoms with E-state index in [0.29, 0.717) is 6.04 Å². The van der Waals surface area contributed by atoms with Gasteiger partial charge in [0.2, 0.25) is 0 Å². The van der Waals surface area contributed by atoms with Crippen molar-refractivity contribution in [3.8, 4) is 5.75 Å². The molecule has 3 heteroatoms. The van der Waals surface area contributed by atoms with Crippen molar-refractivity contribution in [2.75, 3.05) is 19.7 Å². The molecule has 1 fully saturated rings. The lowest BCUT2D eigenvalue weighted by Crippen LogP contribution is -2.43. The number of likely N-dealkylation sites (tertiary alicyclic amines) is 1. The molecule has 0 saturated carbocycles. The second kappa shape index (κ2) is 5.93. The Morgan fingerprint density at radius 2 is 2.11 bits per heavy atom. The van der Waals surface area contributed by atoms with Gasteiger partial charge in [0.15, 0.2) is 0 Å². The molecule has 0 spiro atoms. The number of fused-ring (bicyclic) bond motifs is 1. The van der Waals surface area contributed by atoms with Crippen LogP contribution >= 0.6 is 0 Å². The third-order valence-electron chi connectivity index (χ3n) is 4.36. The summed E-state index contributed by atoms with van der Waals surface area (Å²) in [6.45, 7) is 2.32. The maximum atomic E-state index is 9.55. The Labute approximate surface area is 115 Å². The number of benzene rings is 1. The molecule has 2 aliphatic heterocycles. The van der Waals surface area contributed by atoms with Gasteiger partial charge in [-0.1, -0.05) is 31.0 Å². The van der Waals surface area contributed by atoms with Gasteiger partial charge in [-0.15, -0.1) is 0 Å². The normalized spacial score (nSPS) is 27.6. The first-order valence-electron chi connectivity index (χ1n) is 7.46. The summed E-state index contributed by atoms with van der Waals surface area (Å²) < 4.78 is 6.02. The second-order valence-corrected chi connectivity index (χ2v) is 5.73. The molecule has 2 atom stereocenters. The van der Waals surface area contributed by atoms with Gasteiger partial charge in [0.1, 0.15) is 11.9 Å². The summed E-state index contributed by atoms with van der Waals surface area (Å²) in [4.78, 5) is 2.43. The van der Waals surface area contributed by atoms with Crippen molar-refractivity contribution in [2.45, 2.75) is 44.2 Å². The number of nitrogens with zero attached hydrogens (tertiary/aromatic N) is 1. The van der Waals surface area contributed by atoms with Crippen molar-refractivity contribution in [2.24, 2.45) is 0 Å². The fourth-order valence-corrected chi connectivity index (χ4v) is 3.30. The maximum Gasteiger partial charge on any atom is 0.123 e. The van der Waals surface area contributed by atoms with Crippen molar-refractivity contribution in [3.63, 3.8) is 0 Å². The van der Waals surface area contributed by atoms with Gasteiger partial charge in [0.05, 0.1) is 6.61 Å². The van der Waals surface area contributed by atoms with Crippen LogP contribution in [0.4, 0.5) is 0 Å². The SMILES string of the molecule is OCC1CCCCCN1CC1Cc2ccccc2O1. The Bertz CT molecular complexity index is 396. The van der Waals surface area contributed by atoms with E-state index in [4.69, 9.17) is 4.74 Å². The first-order chi connectivity index (χ1) is 9.36. The van der Waals surface area contributed by atoms with Gasteiger partial charge in [-0.05, 0) is 31.0 Å². The highest BCUT2D eigenvalue weighted by molar-refractivity contribution is 5.37. The summed E-state index contributed by atoms with van der Waals surface area (Å²) in [5, 5.41) is 9.55. The molecule has 2 aliphatic rings. The van der Waals surface area contributed by atoms with E-state index in [1.54, 1.807) is 0 Å². The molecule has 104 valence electrons. The van der Waals surface area contributed by atoms with E-state index in [1.807, 2.05) is 6.07 Å². The standard InChI is InChI=1S/C16H23NO2/c18-12-14-7-2-1-5-9-17(14)11-15-10-13-6-3-4-8-16(13)19-15/h3-4,6,8,14-15,18H,1-2,5,7,9-12H2. The molecule has 0 bridgehead atoms. The number of hydrogen-bond acceptors (Lipinski definition) is 3. The fraction of sp³-hybridized carbons (Fsp3) is 0.625. The quantitative estimate of drug-likeness (QED) is 0.905. The van der Waals surface area contributed by atoms with Crippen molar-refractivity contribution < 1.29 is 9.84 Å². The summed E-state index contributed by atoms with van der Waals surface area (Å²) in [6.07, 6.45) is 6.16. The van der Waals surface area contributed by atoms with Gasteiger partial charge in [-0.3, -0.25) is 4.90 Å². The van der Waals surface area contributed by atoms with Crippen LogP contribution in [0, 0.1) is 0 Å². The van der Waals surface area contributed by atoms with Crippen LogP contribution in [-0.4, -0.2) is 41.8 Å². The third-order valence-corrected chi connectivity index (χ3v) is 4.36. The summed E-state index contributed by atoms with van der Waals surface area (Å²) in [5.41, 5.74) is 1.32.